The molecule has 0 bridgehead atoms. The van der Waals surface area contributed by atoms with Crippen molar-refractivity contribution in [3.05, 3.63) is 46.3 Å². The van der Waals surface area contributed by atoms with E-state index in [9.17, 15) is 13.2 Å². The number of sulfonamides is 1. The number of nitrogens with zero attached hydrogens (tertiary/aromatic N) is 2. The van der Waals surface area contributed by atoms with Crippen molar-refractivity contribution < 1.29 is 17.7 Å². The Kier molecular flexibility index (Phi) is 6.24. The molecule has 29 heavy (non-hydrogen) atoms. The van der Waals surface area contributed by atoms with Crippen molar-refractivity contribution in [1.82, 2.24) is 14.8 Å². The van der Waals surface area contributed by atoms with Crippen LogP contribution in [0.15, 0.2) is 27.6 Å². The summed E-state index contributed by atoms with van der Waals surface area (Å²) < 4.78 is 33.4. The predicted octanol–water partition coefficient (Wildman–Crippen LogP) is 2.92. The molecule has 0 aliphatic carbocycles. The number of piperidine rings is 1. The summed E-state index contributed by atoms with van der Waals surface area (Å²) in [7, 11) is -2.27. The van der Waals surface area contributed by atoms with E-state index in [1.54, 1.807) is 20.0 Å². The highest BCUT2D eigenvalue weighted by Crippen LogP contribution is 2.29. The summed E-state index contributed by atoms with van der Waals surface area (Å²) in [5.74, 6) is -0.287. The lowest BCUT2D eigenvalue weighted by atomic mass is 9.99. The number of benzene rings is 1. The third-order valence-corrected chi connectivity index (χ3v) is 7.31. The molecule has 1 saturated heterocycles. The van der Waals surface area contributed by atoms with Gasteiger partial charge in [-0.1, -0.05) is 35.0 Å². The summed E-state index contributed by atoms with van der Waals surface area (Å²) in [4.78, 5) is 12.1. The molecule has 1 aromatic carbocycles. The number of nitrogens with one attached hydrogen (secondary N) is 1. The molecule has 2 aromatic rings. The average molecular weight is 418 g/mol. The largest absolute Gasteiger partial charge is 0.359 e. The lowest BCUT2D eigenvalue weighted by molar-refractivity contribution is -0.125. The van der Waals surface area contributed by atoms with E-state index in [2.05, 4.69) is 10.5 Å². The molecule has 1 atom stereocenters. The molecule has 1 amide bonds. The van der Waals surface area contributed by atoms with Gasteiger partial charge in [-0.3, -0.25) is 4.79 Å². The first-order chi connectivity index (χ1) is 13.7. The highest BCUT2D eigenvalue weighted by molar-refractivity contribution is 7.89. The number of amides is 1. The topological polar surface area (TPSA) is 92.5 Å². The highest BCUT2D eigenvalue weighted by atomic mass is 32.2. The number of carbonyl (C=O) groups is 1. The SMILES string of the molecule is CNC(=O)[C@H]1CCCN(S(=O)(=O)c2c(C)noc2/C=C/c2cc(C)ccc2C)C1. The number of carbonyl (C=O) groups excluding carboxylic acids is 1. The van der Waals surface area contributed by atoms with E-state index in [0.717, 1.165) is 16.7 Å². The van der Waals surface area contributed by atoms with Crippen molar-refractivity contribution in [3.8, 4) is 0 Å². The third kappa shape index (κ3) is 4.43. The maximum absolute atomic E-state index is 13.3. The lowest BCUT2D eigenvalue weighted by Crippen LogP contribution is -2.44. The number of hydrogen-bond donors (Lipinski definition) is 1. The first kappa shape index (κ1) is 21.3. The smallest absolute Gasteiger partial charge is 0.248 e. The molecular weight excluding hydrogens is 390 g/mol. The summed E-state index contributed by atoms with van der Waals surface area (Å²) >= 11 is 0. The van der Waals surface area contributed by atoms with Gasteiger partial charge in [-0.15, -0.1) is 0 Å². The molecule has 2 heterocycles. The number of rotatable bonds is 5. The summed E-state index contributed by atoms with van der Waals surface area (Å²) in [5.41, 5.74) is 3.50. The highest BCUT2D eigenvalue weighted by Gasteiger charge is 2.36. The molecule has 1 fully saturated rings. The molecule has 1 N–H and O–H groups in total. The van der Waals surface area contributed by atoms with Crippen molar-refractivity contribution in [1.29, 1.82) is 0 Å². The van der Waals surface area contributed by atoms with E-state index in [4.69, 9.17) is 4.52 Å². The van der Waals surface area contributed by atoms with Gasteiger partial charge >= 0.3 is 0 Å². The normalized spacial score (nSPS) is 18.3. The van der Waals surface area contributed by atoms with E-state index in [-0.39, 0.29) is 29.0 Å². The van der Waals surface area contributed by atoms with Gasteiger partial charge in [0.25, 0.3) is 0 Å². The van der Waals surface area contributed by atoms with Crippen LogP contribution in [-0.4, -0.2) is 43.9 Å². The monoisotopic (exact) mass is 417 g/mol. The number of hydrogen-bond acceptors (Lipinski definition) is 5. The van der Waals surface area contributed by atoms with Gasteiger partial charge in [0.2, 0.25) is 15.9 Å². The zero-order chi connectivity index (χ0) is 21.2. The Balaban J connectivity index is 1.93. The Hall–Kier alpha value is -2.45. The van der Waals surface area contributed by atoms with Gasteiger partial charge in [-0.25, -0.2) is 8.42 Å². The first-order valence-corrected chi connectivity index (χ1v) is 11.1. The van der Waals surface area contributed by atoms with Crippen LogP contribution in [0.1, 0.15) is 41.0 Å². The van der Waals surface area contributed by atoms with Gasteiger partial charge in [0.1, 0.15) is 5.69 Å². The van der Waals surface area contributed by atoms with Crippen molar-refractivity contribution in [2.45, 2.75) is 38.5 Å². The summed E-state index contributed by atoms with van der Waals surface area (Å²) in [6.45, 7) is 6.15. The maximum atomic E-state index is 13.3. The van der Waals surface area contributed by atoms with E-state index >= 15 is 0 Å². The average Bonchev–Trinajstić information content (AvgIpc) is 3.09. The summed E-state index contributed by atoms with van der Waals surface area (Å²) in [6, 6.07) is 6.08. The molecule has 0 unspecified atom stereocenters. The minimum atomic E-state index is -3.83. The van der Waals surface area contributed by atoms with Crippen LogP contribution in [0.4, 0.5) is 0 Å². The van der Waals surface area contributed by atoms with E-state index < -0.39 is 10.0 Å². The molecule has 1 aliphatic heterocycles. The van der Waals surface area contributed by atoms with Crippen molar-refractivity contribution in [3.63, 3.8) is 0 Å². The van der Waals surface area contributed by atoms with Gasteiger partial charge in [0.05, 0.1) is 5.92 Å². The van der Waals surface area contributed by atoms with Gasteiger partial charge < -0.3 is 9.84 Å². The number of aryl methyl sites for hydroxylation is 3. The van der Waals surface area contributed by atoms with E-state index in [0.29, 0.717) is 25.1 Å². The summed E-state index contributed by atoms with van der Waals surface area (Å²) in [6.07, 6.45) is 4.79. The second-order valence-electron chi connectivity index (χ2n) is 7.47. The maximum Gasteiger partial charge on any atom is 0.248 e. The van der Waals surface area contributed by atoms with Gasteiger partial charge in [-0.05, 0) is 50.8 Å². The molecule has 1 aromatic heterocycles. The summed E-state index contributed by atoms with van der Waals surface area (Å²) in [5, 5.41) is 6.50. The molecule has 0 spiro atoms. The minimum absolute atomic E-state index is 0.0663. The van der Waals surface area contributed by atoms with Crippen LogP contribution in [0.2, 0.25) is 0 Å². The van der Waals surface area contributed by atoms with Crippen LogP contribution in [0, 0.1) is 26.7 Å². The zero-order valence-electron chi connectivity index (χ0n) is 17.2. The van der Waals surface area contributed by atoms with Crippen LogP contribution >= 0.6 is 0 Å². The van der Waals surface area contributed by atoms with Crippen LogP contribution in [0.3, 0.4) is 0 Å². The first-order valence-electron chi connectivity index (χ1n) is 9.67. The van der Waals surface area contributed by atoms with Gasteiger partial charge in [0, 0.05) is 20.1 Å². The molecule has 8 heteroatoms. The lowest BCUT2D eigenvalue weighted by Gasteiger charge is -2.30. The Morgan fingerprint density at radius 2 is 2.03 bits per heavy atom. The minimum Gasteiger partial charge on any atom is -0.359 e. The van der Waals surface area contributed by atoms with Crippen LogP contribution < -0.4 is 5.32 Å². The Bertz CT molecular complexity index is 1040. The van der Waals surface area contributed by atoms with Crippen LogP contribution in [0.25, 0.3) is 12.2 Å². The fourth-order valence-corrected chi connectivity index (χ4v) is 5.39. The standard InChI is InChI=1S/C21H27N3O4S/c1-14-7-8-15(2)17(12-14)9-10-19-20(16(3)23-28-19)29(26,27)24-11-5-6-18(13-24)21(25)22-4/h7-10,12,18H,5-6,11,13H2,1-4H3,(H,22,25)/b10-9+/t18-/m0/s1. The van der Waals surface area contributed by atoms with Crippen molar-refractivity contribution >= 4 is 28.1 Å². The Morgan fingerprint density at radius 1 is 1.28 bits per heavy atom. The van der Waals surface area contributed by atoms with Crippen molar-refractivity contribution in [2.75, 3.05) is 20.1 Å². The Labute approximate surface area is 171 Å². The number of aromatic nitrogens is 1. The molecule has 3 rings (SSSR count). The molecule has 0 radical (unpaired) electrons. The van der Waals surface area contributed by atoms with Crippen molar-refractivity contribution in [2.24, 2.45) is 5.92 Å². The van der Waals surface area contributed by atoms with Crippen LogP contribution in [0.5, 0.6) is 0 Å². The predicted molar refractivity (Wildman–Crippen MR) is 112 cm³/mol. The molecular formula is C21H27N3O4S. The quantitative estimate of drug-likeness (QED) is 0.807. The zero-order valence-corrected chi connectivity index (χ0v) is 18.0. The third-order valence-electron chi connectivity index (χ3n) is 5.28. The van der Waals surface area contributed by atoms with Crippen LogP contribution in [-0.2, 0) is 14.8 Å². The van der Waals surface area contributed by atoms with Gasteiger partial charge in [0.15, 0.2) is 10.7 Å². The van der Waals surface area contributed by atoms with Gasteiger partial charge in [-0.2, -0.15) is 4.31 Å². The van der Waals surface area contributed by atoms with E-state index in [1.807, 2.05) is 38.1 Å². The fourth-order valence-electron chi connectivity index (χ4n) is 3.61. The Morgan fingerprint density at radius 3 is 2.76 bits per heavy atom. The molecule has 7 nitrogen and oxygen atoms in total. The fraction of sp³-hybridized carbons (Fsp3) is 0.429. The second-order valence-corrected chi connectivity index (χ2v) is 9.35. The second kappa shape index (κ2) is 8.51. The molecule has 0 saturated carbocycles. The van der Waals surface area contributed by atoms with E-state index in [1.165, 1.54) is 4.31 Å². The molecule has 1 aliphatic rings. The molecule has 156 valence electrons.